The number of rotatable bonds is 1. The highest BCUT2D eigenvalue weighted by Crippen LogP contribution is 2.39. The van der Waals surface area contributed by atoms with Crippen molar-refractivity contribution < 1.29 is 4.79 Å². The van der Waals surface area contributed by atoms with E-state index < -0.39 is 0 Å². The third kappa shape index (κ3) is 2.41. The van der Waals surface area contributed by atoms with Crippen molar-refractivity contribution >= 4 is 11.6 Å². The Morgan fingerprint density at radius 3 is 2.47 bits per heavy atom. The lowest BCUT2D eigenvalue weighted by Crippen LogP contribution is -2.41. The Kier molecular flexibility index (Phi) is 3.58. The number of para-hydroxylation sites is 1. The van der Waals surface area contributed by atoms with Crippen molar-refractivity contribution in [2.45, 2.75) is 57.9 Å². The minimum Gasteiger partial charge on any atom is -0.309 e. The maximum Gasteiger partial charge on any atom is 0.224 e. The molecule has 1 aliphatic heterocycles. The Balaban J connectivity index is 1.88. The topological polar surface area (TPSA) is 20.3 Å². The highest BCUT2D eigenvalue weighted by molar-refractivity contribution is 5.94. The number of anilines is 1. The minimum absolute atomic E-state index is 0.208. The molecule has 19 heavy (non-hydrogen) atoms. The van der Waals surface area contributed by atoms with E-state index in [1.54, 1.807) is 6.92 Å². The normalized spacial score (nSPS) is 24.1. The average Bonchev–Trinajstić information content (AvgIpc) is 2.59. The maximum atomic E-state index is 12.1. The summed E-state index contributed by atoms with van der Waals surface area (Å²) in [7, 11) is 0. The van der Waals surface area contributed by atoms with Crippen molar-refractivity contribution in [2.24, 2.45) is 5.92 Å². The summed E-state index contributed by atoms with van der Waals surface area (Å²) in [6, 6.07) is 8.83. The molecule has 1 saturated carbocycles. The van der Waals surface area contributed by atoms with Crippen molar-refractivity contribution in [2.75, 3.05) is 4.90 Å². The lowest BCUT2D eigenvalue weighted by atomic mass is 9.89. The van der Waals surface area contributed by atoms with E-state index in [4.69, 9.17) is 0 Å². The summed E-state index contributed by atoms with van der Waals surface area (Å²) in [4.78, 5) is 14.1. The first-order valence-corrected chi connectivity index (χ1v) is 7.65. The molecule has 1 heterocycles. The zero-order valence-corrected chi connectivity index (χ0v) is 11.8. The van der Waals surface area contributed by atoms with Crippen LogP contribution < -0.4 is 4.90 Å². The number of nitrogens with zero attached hydrogens (tertiary/aromatic N) is 1. The third-order valence-corrected chi connectivity index (χ3v) is 4.80. The van der Waals surface area contributed by atoms with Gasteiger partial charge in [0.25, 0.3) is 0 Å². The highest BCUT2D eigenvalue weighted by Gasteiger charge is 2.36. The summed E-state index contributed by atoms with van der Waals surface area (Å²) >= 11 is 0. The molecule has 1 aliphatic carbocycles. The van der Waals surface area contributed by atoms with Crippen LogP contribution >= 0.6 is 0 Å². The van der Waals surface area contributed by atoms with Gasteiger partial charge in [0.1, 0.15) is 0 Å². The van der Waals surface area contributed by atoms with Crippen LogP contribution in [0.5, 0.6) is 0 Å². The van der Waals surface area contributed by atoms with Gasteiger partial charge in [0.2, 0.25) is 5.91 Å². The molecule has 0 radical (unpaired) electrons. The SMILES string of the molecule is CC(=O)N1c2ccccc2CC1C1CCCCCC1. The van der Waals surface area contributed by atoms with E-state index >= 15 is 0 Å². The average molecular weight is 257 g/mol. The van der Waals surface area contributed by atoms with Crippen LogP contribution in [0, 0.1) is 5.92 Å². The molecule has 2 aliphatic rings. The van der Waals surface area contributed by atoms with Crippen molar-refractivity contribution in [3.63, 3.8) is 0 Å². The van der Waals surface area contributed by atoms with Crippen LogP contribution in [0.15, 0.2) is 24.3 Å². The van der Waals surface area contributed by atoms with Gasteiger partial charge in [-0.15, -0.1) is 0 Å². The van der Waals surface area contributed by atoms with Gasteiger partial charge in [0.05, 0.1) is 0 Å². The van der Waals surface area contributed by atoms with Crippen LogP contribution in [-0.4, -0.2) is 11.9 Å². The van der Waals surface area contributed by atoms with Gasteiger partial charge < -0.3 is 4.90 Å². The largest absolute Gasteiger partial charge is 0.309 e. The maximum absolute atomic E-state index is 12.1. The molecule has 102 valence electrons. The fraction of sp³-hybridized carbons (Fsp3) is 0.588. The first-order valence-electron chi connectivity index (χ1n) is 7.65. The Morgan fingerprint density at radius 2 is 1.79 bits per heavy atom. The molecule has 2 nitrogen and oxygen atoms in total. The highest BCUT2D eigenvalue weighted by atomic mass is 16.2. The number of fused-ring (bicyclic) bond motifs is 1. The first kappa shape index (κ1) is 12.7. The van der Waals surface area contributed by atoms with Gasteiger partial charge in [-0.3, -0.25) is 4.79 Å². The Hall–Kier alpha value is -1.31. The lowest BCUT2D eigenvalue weighted by Gasteiger charge is -2.31. The number of carbonyl (C=O) groups is 1. The lowest BCUT2D eigenvalue weighted by molar-refractivity contribution is -0.117. The monoisotopic (exact) mass is 257 g/mol. The van der Waals surface area contributed by atoms with Crippen molar-refractivity contribution in [3.05, 3.63) is 29.8 Å². The van der Waals surface area contributed by atoms with Gasteiger partial charge in [-0.05, 0) is 36.8 Å². The fourth-order valence-corrected chi connectivity index (χ4v) is 3.89. The molecule has 1 atom stereocenters. The smallest absolute Gasteiger partial charge is 0.224 e. The quantitative estimate of drug-likeness (QED) is 0.698. The summed E-state index contributed by atoms with van der Waals surface area (Å²) in [5, 5.41) is 0. The van der Waals surface area contributed by atoms with Gasteiger partial charge in [-0.25, -0.2) is 0 Å². The molecular formula is C17H23NO. The van der Waals surface area contributed by atoms with Crippen LogP contribution in [0.25, 0.3) is 0 Å². The van der Waals surface area contributed by atoms with E-state index in [1.165, 1.54) is 44.1 Å². The summed E-state index contributed by atoms with van der Waals surface area (Å²) in [6.07, 6.45) is 9.06. The number of amides is 1. The molecular weight excluding hydrogens is 234 g/mol. The second kappa shape index (κ2) is 5.36. The number of benzene rings is 1. The number of carbonyl (C=O) groups excluding carboxylic acids is 1. The third-order valence-electron chi connectivity index (χ3n) is 4.80. The molecule has 1 amide bonds. The first-order chi connectivity index (χ1) is 9.27. The summed E-state index contributed by atoms with van der Waals surface area (Å²) in [5.41, 5.74) is 2.51. The molecule has 1 fully saturated rings. The summed E-state index contributed by atoms with van der Waals surface area (Å²) < 4.78 is 0. The van der Waals surface area contributed by atoms with E-state index in [2.05, 4.69) is 23.1 Å². The van der Waals surface area contributed by atoms with Crippen molar-refractivity contribution in [1.82, 2.24) is 0 Å². The van der Waals surface area contributed by atoms with E-state index in [9.17, 15) is 4.79 Å². The molecule has 1 unspecified atom stereocenters. The Morgan fingerprint density at radius 1 is 1.11 bits per heavy atom. The molecule has 0 bridgehead atoms. The summed E-state index contributed by atoms with van der Waals surface area (Å²) in [5.74, 6) is 0.901. The van der Waals surface area contributed by atoms with E-state index in [-0.39, 0.29) is 5.91 Å². The second-order valence-corrected chi connectivity index (χ2v) is 6.04. The predicted octanol–water partition coefficient (Wildman–Crippen LogP) is 3.93. The Bertz CT molecular complexity index is 460. The Labute approximate surface area is 115 Å². The fourth-order valence-electron chi connectivity index (χ4n) is 3.89. The number of hydrogen-bond acceptors (Lipinski definition) is 1. The molecule has 0 N–H and O–H groups in total. The molecule has 3 rings (SSSR count). The zero-order chi connectivity index (χ0) is 13.2. The molecule has 1 aromatic rings. The minimum atomic E-state index is 0.208. The van der Waals surface area contributed by atoms with Crippen LogP contribution in [0.2, 0.25) is 0 Å². The number of hydrogen-bond donors (Lipinski definition) is 0. The van der Waals surface area contributed by atoms with E-state index in [0.29, 0.717) is 12.0 Å². The van der Waals surface area contributed by atoms with Gasteiger partial charge in [-0.1, -0.05) is 43.9 Å². The van der Waals surface area contributed by atoms with Gasteiger partial charge in [-0.2, -0.15) is 0 Å². The van der Waals surface area contributed by atoms with Gasteiger partial charge >= 0.3 is 0 Å². The molecule has 0 spiro atoms. The molecule has 0 aromatic heterocycles. The summed E-state index contributed by atoms with van der Waals surface area (Å²) in [6.45, 7) is 1.71. The van der Waals surface area contributed by atoms with Crippen molar-refractivity contribution in [1.29, 1.82) is 0 Å². The van der Waals surface area contributed by atoms with Gasteiger partial charge in [0.15, 0.2) is 0 Å². The predicted molar refractivity (Wildman–Crippen MR) is 78.3 cm³/mol. The van der Waals surface area contributed by atoms with Crippen LogP contribution in [0.3, 0.4) is 0 Å². The molecule has 0 saturated heterocycles. The van der Waals surface area contributed by atoms with E-state index in [0.717, 1.165) is 12.1 Å². The second-order valence-electron chi connectivity index (χ2n) is 6.04. The standard InChI is InChI=1S/C17H23NO/c1-13(19)18-16-11-7-6-10-15(16)12-17(18)14-8-4-2-3-5-9-14/h6-7,10-11,14,17H,2-5,8-9,12H2,1H3. The molecule has 1 aromatic carbocycles. The van der Waals surface area contributed by atoms with Crippen LogP contribution in [0.4, 0.5) is 5.69 Å². The van der Waals surface area contributed by atoms with Crippen LogP contribution in [-0.2, 0) is 11.2 Å². The van der Waals surface area contributed by atoms with E-state index in [1.807, 2.05) is 6.07 Å². The zero-order valence-electron chi connectivity index (χ0n) is 11.8. The molecule has 2 heteroatoms. The van der Waals surface area contributed by atoms with Gasteiger partial charge in [0, 0.05) is 18.7 Å². The van der Waals surface area contributed by atoms with Crippen molar-refractivity contribution in [3.8, 4) is 0 Å². The van der Waals surface area contributed by atoms with Crippen LogP contribution in [0.1, 0.15) is 51.0 Å².